The summed E-state index contributed by atoms with van der Waals surface area (Å²) in [7, 11) is 0. The Bertz CT molecular complexity index is 425. The monoisotopic (exact) mass is 233 g/mol. The van der Waals surface area contributed by atoms with Crippen LogP contribution in [0.5, 0.6) is 0 Å². The third-order valence-corrected chi connectivity index (χ3v) is 3.16. The summed E-state index contributed by atoms with van der Waals surface area (Å²) in [6.45, 7) is 2.19. The van der Waals surface area contributed by atoms with Gasteiger partial charge in [0.1, 0.15) is 6.33 Å². The number of nitrogens with zero attached hydrogens (tertiary/aromatic N) is 3. The molecule has 0 atom stereocenters. The summed E-state index contributed by atoms with van der Waals surface area (Å²) in [6, 6.07) is 10.0. The number of benzene rings is 1. The molecule has 2 rings (SSSR count). The molecule has 0 fully saturated rings. The third-order valence-electron chi connectivity index (χ3n) is 2.22. The molecule has 16 heavy (non-hydrogen) atoms. The molecule has 2 aromatic rings. The lowest BCUT2D eigenvalue weighted by molar-refractivity contribution is 0.831. The minimum absolute atomic E-state index is 0.859. The molecule has 3 nitrogen and oxygen atoms in total. The number of aromatic nitrogens is 3. The summed E-state index contributed by atoms with van der Waals surface area (Å²) < 4.78 is 1.81. The van der Waals surface area contributed by atoms with E-state index in [4.69, 9.17) is 0 Å². The van der Waals surface area contributed by atoms with Gasteiger partial charge in [-0.05, 0) is 18.6 Å². The molecule has 1 heterocycles. The first-order valence-electron chi connectivity index (χ1n) is 5.50. The van der Waals surface area contributed by atoms with Gasteiger partial charge in [-0.3, -0.25) is 0 Å². The van der Waals surface area contributed by atoms with Crippen LogP contribution in [0.15, 0.2) is 41.8 Å². The standard InChI is InChI=1S/C12H15N3S/c1-2-3-9-16-12-13-10-15(14-12)11-7-5-4-6-8-11/h4-8,10H,2-3,9H2,1H3. The molecule has 84 valence electrons. The fourth-order valence-electron chi connectivity index (χ4n) is 1.33. The number of hydrogen-bond acceptors (Lipinski definition) is 3. The predicted molar refractivity (Wildman–Crippen MR) is 67.0 cm³/mol. The van der Waals surface area contributed by atoms with Crippen LogP contribution in [0.4, 0.5) is 0 Å². The molecule has 0 bridgehead atoms. The Labute approximate surface area is 99.9 Å². The maximum Gasteiger partial charge on any atom is 0.208 e. The van der Waals surface area contributed by atoms with Crippen molar-refractivity contribution in [3.63, 3.8) is 0 Å². The summed E-state index contributed by atoms with van der Waals surface area (Å²) in [6.07, 6.45) is 4.19. The number of rotatable bonds is 5. The van der Waals surface area contributed by atoms with Gasteiger partial charge in [0.25, 0.3) is 0 Å². The van der Waals surface area contributed by atoms with Crippen LogP contribution in [-0.2, 0) is 0 Å². The van der Waals surface area contributed by atoms with E-state index >= 15 is 0 Å². The van der Waals surface area contributed by atoms with E-state index in [0.717, 1.165) is 16.6 Å². The van der Waals surface area contributed by atoms with Gasteiger partial charge in [-0.2, -0.15) is 0 Å². The molecule has 0 spiro atoms. The van der Waals surface area contributed by atoms with Crippen molar-refractivity contribution in [1.82, 2.24) is 14.8 Å². The van der Waals surface area contributed by atoms with Gasteiger partial charge in [0.2, 0.25) is 5.16 Å². The van der Waals surface area contributed by atoms with Gasteiger partial charge >= 0.3 is 0 Å². The number of unbranched alkanes of at least 4 members (excludes halogenated alkanes) is 1. The van der Waals surface area contributed by atoms with E-state index in [1.54, 1.807) is 18.1 Å². The van der Waals surface area contributed by atoms with E-state index in [-0.39, 0.29) is 0 Å². The smallest absolute Gasteiger partial charge is 0.208 e. The molecule has 0 saturated carbocycles. The molecular weight excluding hydrogens is 218 g/mol. The van der Waals surface area contributed by atoms with Crippen molar-refractivity contribution in [2.24, 2.45) is 0 Å². The molecule has 4 heteroatoms. The maximum absolute atomic E-state index is 4.42. The van der Waals surface area contributed by atoms with Crippen LogP contribution in [0.25, 0.3) is 5.69 Å². The zero-order valence-electron chi connectivity index (χ0n) is 9.34. The largest absolute Gasteiger partial charge is 0.220 e. The van der Waals surface area contributed by atoms with Gasteiger partial charge in [-0.25, -0.2) is 9.67 Å². The summed E-state index contributed by atoms with van der Waals surface area (Å²) in [5.74, 6) is 1.09. The number of hydrogen-bond donors (Lipinski definition) is 0. The van der Waals surface area contributed by atoms with Crippen LogP contribution in [0.1, 0.15) is 19.8 Å². The zero-order chi connectivity index (χ0) is 11.2. The molecule has 1 aromatic heterocycles. The van der Waals surface area contributed by atoms with Crippen LogP contribution in [0.2, 0.25) is 0 Å². The van der Waals surface area contributed by atoms with Gasteiger partial charge in [0.15, 0.2) is 0 Å². The van der Waals surface area contributed by atoms with Crippen LogP contribution in [0, 0.1) is 0 Å². The van der Waals surface area contributed by atoms with Crippen molar-refractivity contribution in [1.29, 1.82) is 0 Å². The van der Waals surface area contributed by atoms with Crippen molar-refractivity contribution >= 4 is 11.8 Å². The van der Waals surface area contributed by atoms with E-state index < -0.39 is 0 Å². The zero-order valence-corrected chi connectivity index (χ0v) is 10.2. The average molecular weight is 233 g/mol. The molecular formula is C12H15N3S. The third kappa shape index (κ3) is 2.85. The Balaban J connectivity index is 2.02. The van der Waals surface area contributed by atoms with Gasteiger partial charge in [0.05, 0.1) is 5.69 Å². The van der Waals surface area contributed by atoms with E-state index in [2.05, 4.69) is 17.0 Å². The summed E-state index contributed by atoms with van der Waals surface area (Å²) in [5.41, 5.74) is 1.05. The van der Waals surface area contributed by atoms with E-state index in [1.807, 2.05) is 35.0 Å². The van der Waals surface area contributed by atoms with E-state index in [1.165, 1.54) is 12.8 Å². The molecule has 1 aromatic carbocycles. The highest BCUT2D eigenvalue weighted by Crippen LogP contribution is 2.15. The van der Waals surface area contributed by atoms with Crippen molar-refractivity contribution in [3.8, 4) is 5.69 Å². The summed E-state index contributed by atoms with van der Waals surface area (Å²) in [5, 5.41) is 5.28. The average Bonchev–Trinajstić information content (AvgIpc) is 2.79. The number of para-hydroxylation sites is 1. The Hall–Kier alpha value is -1.29. The van der Waals surface area contributed by atoms with E-state index in [0.29, 0.717) is 0 Å². The fourth-order valence-corrected chi connectivity index (χ4v) is 2.21. The Morgan fingerprint density at radius 1 is 1.25 bits per heavy atom. The molecule has 0 aliphatic carbocycles. The van der Waals surface area contributed by atoms with Gasteiger partial charge in [-0.1, -0.05) is 43.3 Å². The van der Waals surface area contributed by atoms with Crippen LogP contribution >= 0.6 is 11.8 Å². The highest BCUT2D eigenvalue weighted by molar-refractivity contribution is 7.99. The second kappa shape index (κ2) is 5.70. The fraction of sp³-hybridized carbons (Fsp3) is 0.333. The summed E-state index contributed by atoms with van der Waals surface area (Å²) in [4.78, 5) is 4.28. The lowest BCUT2D eigenvalue weighted by Gasteiger charge is -1.98. The minimum Gasteiger partial charge on any atom is -0.220 e. The lowest BCUT2D eigenvalue weighted by atomic mass is 10.3. The molecule has 0 N–H and O–H groups in total. The van der Waals surface area contributed by atoms with Crippen molar-refractivity contribution in [3.05, 3.63) is 36.7 Å². The molecule has 0 aliphatic heterocycles. The van der Waals surface area contributed by atoms with Crippen LogP contribution < -0.4 is 0 Å². The summed E-state index contributed by atoms with van der Waals surface area (Å²) >= 11 is 1.72. The second-order valence-electron chi connectivity index (χ2n) is 3.51. The molecule has 0 radical (unpaired) electrons. The Morgan fingerprint density at radius 3 is 2.81 bits per heavy atom. The van der Waals surface area contributed by atoms with Crippen LogP contribution in [0.3, 0.4) is 0 Å². The van der Waals surface area contributed by atoms with Gasteiger partial charge in [-0.15, -0.1) is 5.10 Å². The second-order valence-corrected chi connectivity index (χ2v) is 4.57. The Morgan fingerprint density at radius 2 is 2.06 bits per heavy atom. The Kier molecular flexibility index (Phi) is 3.99. The van der Waals surface area contributed by atoms with Gasteiger partial charge in [0, 0.05) is 5.75 Å². The first kappa shape index (κ1) is 11.2. The van der Waals surface area contributed by atoms with Crippen molar-refractivity contribution in [2.75, 3.05) is 5.75 Å². The quantitative estimate of drug-likeness (QED) is 0.587. The predicted octanol–water partition coefficient (Wildman–Crippen LogP) is 3.16. The number of thioether (sulfide) groups is 1. The van der Waals surface area contributed by atoms with Crippen molar-refractivity contribution < 1.29 is 0 Å². The molecule has 0 unspecified atom stereocenters. The molecule has 0 aliphatic rings. The van der Waals surface area contributed by atoms with Gasteiger partial charge < -0.3 is 0 Å². The highest BCUT2D eigenvalue weighted by Gasteiger charge is 2.02. The van der Waals surface area contributed by atoms with Crippen LogP contribution in [-0.4, -0.2) is 20.5 Å². The minimum atomic E-state index is 0.859. The SMILES string of the molecule is CCCCSc1ncn(-c2ccccc2)n1. The lowest BCUT2D eigenvalue weighted by Crippen LogP contribution is -1.93. The first-order chi connectivity index (χ1) is 7.90. The van der Waals surface area contributed by atoms with Crippen molar-refractivity contribution in [2.45, 2.75) is 24.9 Å². The first-order valence-corrected chi connectivity index (χ1v) is 6.48. The highest BCUT2D eigenvalue weighted by atomic mass is 32.2. The van der Waals surface area contributed by atoms with E-state index in [9.17, 15) is 0 Å². The maximum atomic E-state index is 4.42. The topological polar surface area (TPSA) is 30.7 Å². The molecule has 0 saturated heterocycles. The normalized spacial score (nSPS) is 10.6. The molecule has 0 amide bonds.